The summed E-state index contributed by atoms with van der Waals surface area (Å²) in [6, 6.07) is 0. The highest BCUT2D eigenvalue weighted by Crippen LogP contribution is 1.79. The average Bonchev–Trinajstić information content (AvgIpc) is 1.93. The fourth-order valence-electron chi connectivity index (χ4n) is 0.263. The third-order valence-electron chi connectivity index (χ3n) is 0.588. The second kappa shape index (κ2) is 10.2. The minimum absolute atomic E-state index is 1.64. The average molecular weight is 128 g/mol. The van der Waals surface area contributed by atoms with Crippen molar-refractivity contribution in [3.63, 3.8) is 0 Å². The maximum atomic E-state index is 3.57. The predicted molar refractivity (Wildman–Crippen MR) is 43.5 cm³/mol. The number of hydrogen-bond acceptors (Lipinski definition) is 2. The first-order valence-electron chi connectivity index (χ1n) is 3.13. The van der Waals surface area contributed by atoms with Crippen LogP contribution in [-0.2, 0) is 0 Å². The molecular weight excluding hydrogens is 112 g/mol. The number of allylic oxidation sites excluding steroid dienone is 1. The minimum Gasteiger partial charge on any atom is -0.277 e. The molecule has 0 radical (unpaired) electrons. The van der Waals surface area contributed by atoms with Crippen molar-refractivity contribution in [2.75, 3.05) is 7.05 Å². The van der Waals surface area contributed by atoms with Crippen LogP contribution in [0.15, 0.2) is 17.4 Å². The summed E-state index contributed by atoms with van der Waals surface area (Å²) in [7, 11) is 1.83. The molecule has 0 fully saturated rings. The molecule has 0 N–H and O–H groups in total. The van der Waals surface area contributed by atoms with Gasteiger partial charge in [-0.3, -0.25) is 5.01 Å². The van der Waals surface area contributed by atoms with Crippen LogP contribution in [0.1, 0.15) is 20.8 Å². The number of hydrogen-bond donors (Lipinski definition) is 0. The van der Waals surface area contributed by atoms with Gasteiger partial charge in [-0.2, -0.15) is 5.10 Å². The summed E-state index contributed by atoms with van der Waals surface area (Å²) < 4.78 is 0. The molecule has 0 spiro atoms. The number of rotatable bonds is 2. The van der Waals surface area contributed by atoms with E-state index in [1.165, 1.54) is 0 Å². The molecule has 0 atom stereocenters. The zero-order valence-corrected chi connectivity index (χ0v) is 6.76. The molecule has 0 unspecified atom stereocenters. The Bertz CT molecular complexity index is 77.0. The van der Waals surface area contributed by atoms with Crippen molar-refractivity contribution in [1.82, 2.24) is 5.01 Å². The van der Waals surface area contributed by atoms with E-state index in [9.17, 15) is 0 Å². The largest absolute Gasteiger partial charge is 0.277 e. The van der Waals surface area contributed by atoms with Crippen molar-refractivity contribution < 1.29 is 0 Å². The minimum atomic E-state index is 1.64. The van der Waals surface area contributed by atoms with Gasteiger partial charge in [-0.1, -0.05) is 19.9 Å². The molecule has 0 aliphatic heterocycles. The van der Waals surface area contributed by atoms with Crippen molar-refractivity contribution >= 4 is 6.72 Å². The van der Waals surface area contributed by atoms with Crippen LogP contribution < -0.4 is 0 Å². The normalized spacial score (nSPS) is 8.00. The van der Waals surface area contributed by atoms with E-state index in [-0.39, 0.29) is 0 Å². The number of nitrogens with zero attached hydrogens (tertiary/aromatic N) is 2. The molecule has 0 aliphatic carbocycles. The molecule has 0 saturated carbocycles. The van der Waals surface area contributed by atoms with Crippen molar-refractivity contribution in [2.24, 2.45) is 5.10 Å². The van der Waals surface area contributed by atoms with Gasteiger partial charge in [-0.15, -0.1) is 0 Å². The molecule has 2 heteroatoms. The van der Waals surface area contributed by atoms with Gasteiger partial charge in [-0.05, 0) is 6.92 Å². The maximum absolute atomic E-state index is 3.57. The van der Waals surface area contributed by atoms with Gasteiger partial charge in [0.2, 0.25) is 0 Å². The van der Waals surface area contributed by atoms with Crippen LogP contribution in [0.3, 0.4) is 0 Å². The lowest BCUT2D eigenvalue weighted by Gasteiger charge is -2.00. The Kier molecular flexibility index (Phi) is 12.6. The van der Waals surface area contributed by atoms with Gasteiger partial charge in [0, 0.05) is 20.0 Å². The van der Waals surface area contributed by atoms with Gasteiger partial charge in [0.25, 0.3) is 0 Å². The molecule has 0 bridgehead atoms. The van der Waals surface area contributed by atoms with Crippen LogP contribution in [0.2, 0.25) is 0 Å². The van der Waals surface area contributed by atoms with Gasteiger partial charge in [0.1, 0.15) is 0 Å². The molecular formula is C7H16N2. The lowest BCUT2D eigenvalue weighted by molar-refractivity contribution is 0.494. The van der Waals surface area contributed by atoms with E-state index in [0.29, 0.717) is 0 Å². The van der Waals surface area contributed by atoms with Gasteiger partial charge >= 0.3 is 0 Å². The van der Waals surface area contributed by atoms with E-state index in [4.69, 9.17) is 0 Å². The first-order chi connectivity index (χ1) is 4.31. The topological polar surface area (TPSA) is 15.6 Å². The molecule has 0 rings (SSSR count). The van der Waals surface area contributed by atoms with Crippen LogP contribution in [-0.4, -0.2) is 18.8 Å². The van der Waals surface area contributed by atoms with E-state index in [1.807, 2.05) is 40.1 Å². The Morgan fingerprint density at radius 2 is 1.89 bits per heavy atom. The van der Waals surface area contributed by atoms with Crippen molar-refractivity contribution in [3.05, 3.63) is 12.3 Å². The molecule has 0 heterocycles. The Balaban J connectivity index is 0. The molecule has 0 aromatic heterocycles. The molecule has 0 amide bonds. The van der Waals surface area contributed by atoms with E-state index in [2.05, 4.69) is 11.8 Å². The van der Waals surface area contributed by atoms with E-state index in [1.54, 1.807) is 5.01 Å². The molecule has 9 heavy (non-hydrogen) atoms. The van der Waals surface area contributed by atoms with Crippen LogP contribution >= 0.6 is 0 Å². The highest BCUT2D eigenvalue weighted by molar-refractivity contribution is 5.22. The first-order valence-corrected chi connectivity index (χ1v) is 3.13. The maximum Gasteiger partial charge on any atom is 0.0296 e. The molecule has 0 saturated heterocycles. The highest BCUT2D eigenvalue weighted by atomic mass is 15.4. The summed E-state index contributed by atoms with van der Waals surface area (Å²) in [5.74, 6) is 0. The zero-order chi connectivity index (χ0) is 7.70. The van der Waals surface area contributed by atoms with Gasteiger partial charge in [0.15, 0.2) is 0 Å². The third-order valence-corrected chi connectivity index (χ3v) is 0.588. The predicted octanol–water partition coefficient (Wildman–Crippen LogP) is 2.09. The fourth-order valence-corrected chi connectivity index (χ4v) is 0.263. The summed E-state index contributed by atoms with van der Waals surface area (Å²) in [5.41, 5.74) is 0. The summed E-state index contributed by atoms with van der Waals surface area (Å²) in [5, 5.41) is 5.21. The Labute approximate surface area is 57.9 Å². The van der Waals surface area contributed by atoms with Crippen LogP contribution in [0, 0.1) is 0 Å². The second-order valence-electron chi connectivity index (χ2n) is 1.20. The van der Waals surface area contributed by atoms with E-state index >= 15 is 0 Å². The smallest absolute Gasteiger partial charge is 0.0296 e. The van der Waals surface area contributed by atoms with Crippen molar-refractivity contribution in [3.8, 4) is 0 Å². The number of hydrazone groups is 1. The van der Waals surface area contributed by atoms with Crippen molar-refractivity contribution in [2.45, 2.75) is 20.8 Å². The Morgan fingerprint density at radius 1 is 1.44 bits per heavy atom. The SMILES string of the molecule is C=NN(C)/C=C\C.CC. The molecule has 2 nitrogen and oxygen atoms in total. The van der Waals surface area contributed by atoms with Gasteiger partial charge in [0.05, 0.1) is 0 Å². The molecule has 54 valence electrons. The Morgan fingerprint density at radius 3 is 2.00 bits per heavy atom. The van der Waals surface area contributed by atoms with Crippen LogP contribution in [0.4, 0.5) is 0 Å². The third kappa shape index (κ3) is 11.0. The van der Waals surface area contributed by atoms with Crippen LogP contribution in [0.5, 0.6) is 0 Å². The van der Waals surface area contributed by atoms with Crippen molar-refractivity contribution in [1.29, 1.82) is 0 Å². The first kappa shape index (κ1) is 11.1. The van der Waals surface area contributed by atoms with E-state index < -0.39 is 0 Å². The summed E-state index contributed by atoms with van der Waals surface area (Å²) in [4.78, 5) is 0. The quantitative estimate of drug-likeness (QED) is 0.410. The summed E-state index contributed by atoms with van der Waals surface area (Å²) in [6.07, 6.45) is 3.72. The Hall–Kier alpha value is -0.790. The molecule has 0 aromatic carbocycles. The second-order valence-corrected chi connectivity index (χ2v) is 1.20. The van der Waals surface area contributed by atoms with Crippen LogP contribution in [0.25, 0.3) is 0 Å². The van der Waals surface area contributed by atoms with Gasteiger partial charge in [-0.25, -0.2) is 0 Å². The standard InChI is InChI=1S/C5H10N2.C2H6/c1-4-5-7(3)6-2;1-2/h4-5H,2H2,1,3H3;1-2H3/b5-4-;. The lowest BCUT2D eigenvalue weighted by atomic mass is 10.7. The monoisotopic (exact) mass is 128 g/mol. The van der Waals surface area contributed by atoms with E-state index in [0.717, 1.165) is 0 Å². The molecule has 0 aromatic rings. The summed E-state index contributed by atoms with van der Waals surface area (Å²) >= 11 is 0. The highest BCUT2D eigenvalue weighted by Gasteiger charge is 1.72. The zero-order valence-electron chi connectivity index (χ0n) is 6.76. The lowest BCUT2D eigenvalue weighted by Crippen LogP contribution is -1.97. The summed E-state index contributed by atoms with van der Waals surface area (Å²) in [6.45, 7) is 9.24. The molecule has 0 aliphatic rings. The van der Waals surface area contributed by atoms with Gasteiger partial charge < -0.3 is 0 Å². The fraction of sp³-hybridized carbons (Fsp3) is 0.571.